The number of amides is 2. The van der Waals surface area contributed by atoms with Crippen LogP contribution in [0.1, 0.15) is 24.0 Å². The first kappa shape index (κ1) is 21.9. The number of ether oxygens (including phenoxy) is 1. The van der Waals surface area contributed by atoms with Crippen LogP contribution in [-0.2, 0) is 5.41 Å². The normalized spacial score (nSPS) is 10.6. The Morgan fingerprint density at radius 1 is 0.968 bits per heavy atom. The van der Waals surface area contributed by atoms with Crippen LogP contribution in [-0.4, -0.2) is 19.7 Å². The zero-order chi connectivity index (χ0) is 21.9. The number of hydrogen-bond acceptors (Lipinski definition) is 2. The minimum absolute atomic E-state index is 0.249. The third-order valence-electron chi connectivity index (χ3n) is 5.41. The summed E-state index contributed by atoms with van der Waals surface area (Å²) < 4.78 is 5.17. The molecule has 0 atom stereocenters. The summed E-state index contributed by atoms with van der Waals surface area (Å²) in [5.74, 6) is 0.744. The summed E-state index contributed by atoms with van der Waals surface area (Å²) in [6.07, 6.45) is 3.56. The summed E-state index contributed by atoms with van der Waals surface area (Å²) >= 11 is 0. The highest BCUT2D eigenvalue weighted by Gasteiger charge is 2.34. The lowest BCUT2D eigenvalue weighted by Gasteiger charge is -2.35. The highest BCUT2D eigenvalue weighted by molar-refractivity contribution is 5.89. The number of rotatable bonds is 9. The highest BCUT2D eigenvalue weighted by Crippen LogP contribution is 2.36. The SMILES string of the molecule is C=C=CCCC(CNC(=O)Nc1ccc(OC)cc1)(c1ccccc1)c1ccccc1. The average Bonchev–Trinajstić information content (AvgIpc) is 2.83. The summed E-state index contributed by atoms with van der Waals surface area (Å²) in [6.45, 7) is 4.14. The number of urea groups is 1. The average molecular weight is 413 g/mol. The van der Waals surface area contributed by atoms with Gasteiger partial charge in [0.1, 0.15) is 5.75 Å². The van der Waals surface area contributed by atoms with E-state index in [1.807, 2.05) is 66.7 Å². The van der Waals surface area contributed by atoms with Crippen LogP contribution in [0.25, 0.3) is 0 Å². The van der Waals surface area contributed by atoms with Gasteiger partial charge in [-0.15, -0.1) is 5.73 Å². The van der Waals surface area contributed by atoms with E-state index >= 15 is 0 Å². The Bertz CT molecular complexity index is 969. The zero-order valence-corrected chi connectivity index (χ0v) is 17.8. The molecule has 0 saturated carbocycles. The Morgan fingerprint density at radius 3 is 2.06 bits per heavy atom. The number of carbonyl (C=O) groups is 1. The summed E-state index contributed by atoms with van der Waals surface area (Å²) in [7, 11) is 1.61. The van der Waals surface area contributed by atoms with Crippen molar-refractivity contribution in [2.45, 2.75) is 18.3 Å². The molecule has 0 spiro atoms. The molecule has 0 fully saturated rings. The van der Waals surface area contributed by atoms with Crippen molar-refractivity contribution in [2.24, 2.45) is 0 Å². The monoisotopic (exact) mass is 412 g/mol. The van der Waals surface area contributed by atoms with Gasteiger partial charge in [-0.25, -0.2) is 4.79 Å². The maximum atomic E-state index is 12.7. The first-order chi connectivity index (χ1) is 15.2. The lowest BCUT2D eigenvalue weighted by molar-refractivity contribution is 0.249. The summed E-state index contributed by atoms with van der Waals surface area (Å²) in [5, 5.41) is 5.99. The van der Waals surface area contributed by atoms with Crippen molar-refractivity contribution < 1.29 is 9.53 Å². The largest absolute Gasteiger partial charge is 0.497 e. The van der Waals surface area contributed by atoms with E-state index in [1.54, 1.807) is 7.11 Å². The van der Waals surface area contributed by atoms with Gasteiger partial charge in [0.15, 0.2) is 0 Å². The van der Waals surface area contributed by atoms with Crippen LogP contribution in [0.3, 0.4) is 0 Å². The predicted molar refractivity (Wildman–Crippen MR) is 127 cm³/mol. The summed E-state index contributed by atoms with van der Waals surface area (Å²) in [6, 6.07) is 27.6. The molecule has 0 bridgehead atoms. The van der Waals surface area contributed by atoms with Crippen LogP contribution in [0.15, 0.2) is 103 Å². The number of allylic oxidation sites excluding steroid dienone is 1. The van der Waals surface area contributed by atoms with E-state index in [9.17, 15) is 4.79 Å². The number of carbonyl (C=O) groups excluding carboxylic acids is 1. The van der Waals surface area contributed by atoms with Crippen LogP contribution < -0.4 is 15.4 Å². The van der Waals surface area contributed by atoms with E-state index < -0.39 is 0 Å². The van der Waals surface area contributed by atoms with Crippen molar-refractivity contribution in [1.29, 1.82) is 0 Å². The molecule has 0 aliphatic carbocycles. The van der Waals surface area contributed by atoms with Crippen molar-refractivity contribution in [3.8, 4) is 5.75 Å². The van der Waals surface area contributed by atoms with Crippen LogP contribution >= 0.6 is 0 Å². The van der Waals surface area contributed by atoms with E-state index in [0.29, 0.717) is 12.2 Å². The topological polar surface area (TPSA) is 50.4 Å². The van der Waals surface area contributed by atoms with E-state index in [0.717, 1.165) is 29.7 Å². The molecule has 158 valence electrons. The molecule has 3 aromatic rings. The van der Waals surface area contributed by atoms with Crippen LogP contribution in [0.5, 0.6) is 5.75 Å². The molecule has 0 aromatic heterocycles. The molecule has 0 heterocycles. The molecule has 4 nitrogen and oxygen atoms in total. The smallest absolute Gasteiger partial charge is 0.319 e. The second kappa shape index (κ2) is 10.9. The molecule has 0 unspecified atom stereocenters. The minimum Gasteiger partial charge on any atom is -0.497 e. The summed E-state index contributed by atoms with van der Waals surface area (Å²) in [4.78, 5) is 12.7. The van der Waals surface area contributed by atoms with Gasteiger partial charge in [-0.3, -0.25) is 0 Å². The van der Waals surface area contributed by atoms with Gasteiger partial charge in [-0.05, 0) is 54.3 Å². The van der Waals surface area contributed by atoms with Gasteiger partial charge in [0.05, 0.1) is 7.11 Å². The molecule has 2 amide bonds. The molecular weight excluding hydrogens is 384 g/mol. The molecule has 0 aliphatic rings. The fourth-order valence-electron chi connectivity index (χ4n) is 3.76. The number of benzene rings is 3. The van der Waals surface area contributed by atoms with Gasteiger partial charge in [0.25, 0.3) is 0 Å². The van der Waals surface area contributed by atoms with Gasteiger partial charge in [0.2, 0.25) is 0 Å². The van der Waals surface area contributed by atoms with Crippen molar-refractivity contribution in [1.82, 2.24) is 5.32 Å². The molecular formula is C27H28N2O2. The van der Waals surface area contributed by atoms with Crippen molar-refractivity contribution >= 4 is 11.7 Å². The molecule has 31 heavy (non-hydrogen) atoms. The first-order valence-corrected chi connectivity index (χ1v) is 10.3. The van der Waals surface area contributed by atoms with Gasteiger partial charge in [0, 0.05) is 17.6 Å². The standard InChI is InChI=1S/C27H28N2O2/c1-3-4-11-20-27(22-12-7-5-8-13-22,23-14-9-6-10-15-23)21-28-26(30)29-24-16-18-25(31-2)19-17-24/h4-10,12-19H,1,11,20-21H2,2H3,(H2,28,29,30). The second-order valence-electron chi connectivity index (χ2n) is 7.30. The summed E-state index contributed by atoms with van der Waals surface area (Å²) in [5.41, 5.74) is 5.50. The molecule has 4 heteroatoms. The molecule has 2 N–H and O–H groups in total. The van der Waals surface area contributed by atoms with E-state index in [-0.39, 0.29) is 11.4 Å². The van der Waals surface area contributed by atoms with Gasteiger partial charge < -0.3 is 15.4 Å². The number of nitrogens with one attached hydrogen (secondary N) is 2. The van der Waals surface area contributed by atoms with Gasteiger partial charge in [-0.2, -0.15) is 0 Å². The maximum absolute atomic E-state index is 12.7. The van der Waals surface area contributed by atoms with E-state index in [4.69, 9.17) is 4.74 Å². The Labute approximate surface area is 184 Å². The first-order valence-electron chi connectivity index (χ1n) is 10.3. The second-order valence-corrected chi connectivity index (χ2v) is 7.30. The van der Waals surface area contributed by atoms with Gasteiger partial charge in [-0.1, -0.05) is 67.2 Å². The Balaban J connectivity index is 1.86. The molecule has 3 rings (SSSR count). The Hall–Kier alpha value is -3.75. The lowest BCUT2D eigenvalue weighted by atomic mass is 9.71. The predicted octanol–water partition coefficient (Wildman–Crippen LogP) is 5.92. The molecule has 0 aliphatic heterocycles. The Morgan fingerprint density at radius 2 is 1.55 bits per heavy atom. The van der Waals surface area contributed by atoms with Crippen LogP contribution in [0.2, 0.25) is 0 Å². The van der Waals surface area contributed by atoms with Crippen LogP contribution in [0, 0.1) is 0 Å². The van der Waals surface area contributed by atoms with E-state index in [1.165, 1.54) is 0 Å². The molecule has 0 saturated heterocycles. The Kier molecular flexibility index (Phi) is 7.69. The van der Waals surface area contributed by atoms with E-state index in [2.05, 4.69) is 47.2 Å². The van der Waals surface area contributed by atoms with Crippen molar-refractivity contribution in [2.75, 3.05) is 19.0 Å². The van der Waals surface area contributed by atoms with Crippen molar-refractivity contribution in [3.05, 3.63) is 114 Å². The lowest BCUT2D eigenvalue weighted by Crippen LogP contribution is -2.43. The van der Waals surface area contributed by atoms with Gasteiger partial charge >= 0.3 is 6.03 Å². The quantitative estimate of drug-likeness (QED) is 0.428. The molecule has 0 radical (unpaired) electrons. The number of hydrogen-bond donors (Lipinski definition) is 2. The fourth-order valence-corrected chi connectivity index (χ4v) is 3.76. The number of methoxy groups -OCH3 is 1. The third kappa shape index (κ3) is 5.65. The third-order valence-corrected chi connectivity index (χ3v) is 5.41. The number of anilines is 1. The highest BCUT2D eigenvalue weighted by atomic mass is 16.5. The zero-order valence-electron chi connectivity index (χ0n) is 17.8. The van der Waals surface area contributed by atoms with Crippen molar-refractivity contribution in [3.63, 3.8) is 0 Å². The maximum Gasteiger partial charge on any atom is 0.319 e. The minimum atomic E-state index is -0.382. The van der Waals surface area contributed by atoms with Crippen LogP contribution in [0.4, 0.5) is 10.5 Å². The fraction of sp³-hybridized carbons (Fsp3) is 0.185. The molecule has 3 aromatic carbocycles.